The lowest BCUT2D eigenvalue weighted by atomic mass is 9.92. The van der Waals surface area contributed by atoms with Crippen molar-refractivity contribution in [3.05, 3.63) is 97.1 Å². The van der Waals surface area contributed by atoms with Gasteiger partial charge in [0, 0.05) is 22.3 Å². The molecule has 10 heteroatoms. The van der Waals surface area contributed by atoms with Gasteiger partial charge in [-0.3, -0.25) is 0 Å². The number of benzene rings is 4. The van der Waals surface area contributed by atoms with E-state index in [1.165, 1.54) is 13.8 Å². The Kier molecular flexibility index (Phi) is 10.3. The number of hydrogen-bond acceptors (Lipinski definition) is 8. The van der Waals surface area contributed by atoms with Gasteiger partial charge in [0.15, 0.2) is 0 Å². The zero-order valence-corrected chi connectivity index (χ0v) is 24.4. The second kappa shape index (κ2) is 14.5. The first-order chi connectivity index (χ1) is 21.2. The SMILES string of the molecule is C=C(C)C(=O)OCCNC(=O)Oc1ccc2ccccc2c1-c1c(OC(=O)NCCOC(=O)C(=C)C)ccc2ccccc12. The first-order valence-electron chi connectivity index (χ1n) is 13.8. The number of amides is 2. The predicted molar refractivity (Wildman–Crippen MR) is 166 cm³/mol. The smallest absolute Gasteiger partial charge is 0.412 e. The molecule has 0 fully saturated rings. The predicted octanol–water partition coefficient (Wildman–Crippen LogP) is 6.08. The van der Waals surface area contributed by atoms with Crippen LogP contribution >= 0.6 is 0 Å². The van der Waals surface area contributed by atoms with Crippen LogP contribution in [0.4, 0.5) is 9.59 Å². The monoisotopic (exact) mass is 596 g/mol. The molecule has 0 aliphatic heterocycles. The quantitative estimate of drug-likeness (QED) is 0.121. The number of rotatable bonds is 11. The standard InChI is InChI=1S/C34H32N2O8/c1-21(2)31(37)41-19-17-35-33(39)43-27-15-13-23-9-5-7-11-25(23)29(27)30-26-12-8-6-10-24(26)14-16-28(30)44-34(40)36-18-20-42-32(38)22(3)4/h5-16H,1,3,17-20H2,2,4H3,(H,35,39)(H,36,40). The molecule has 0 spiro atoms. The number of esters is 2. The summed E-state index contributed by atoms with van der Waals surface area (Å²) in [5.74, 6) is -0.684. The minimum absolute atomic E-state index is 0.0191. The van der Waals surface area contributed by atoms with Gasteiger partial charge in [0.25, 0.3) is 0 Å². The number of ether oxygens (including phenoxy) is 4. The van der Waals surface area contributed by atoms with Crippen LogP contribution in [0.5, 0.6) is 11.5 Å². The zero-order valence-electron chi connectivity index (χ0n) is 24.4. The fraction of sp³-hybridized carbons (Fsp3) is 0.176. The second-order valence-electron chi connectivity index (χ2n) is 9.78. The molecule has 0 aliphatic carbocycles. The van der Waals surface area contributed by atoms with E-state index in [1.807, 2.05) is 60.7 Å². The number of hydrogen-bond donors (Lipinski definition) is 2. The van der Waals surface area contributed by atoms with E-state index in [-0.39, 0.29) is 48.9 Å². The number of fused-ring (bicyclic) bond motifs is 2. The van der Waals surface area contributed by atoms with E-state index in [2.05, 4.69) is 23.8 Å². The summed E-state index contributed by atoms with van der Waals surface area (Å²) in [5, 5.41) is 8.38. The Bertz CT molecular complexity index is 1630. The average molecular weight is 597 g/mol. The van der Waals surface area contributed by atoms with Gasteiger partial charge in [0.05, 0.1) is 13.1 Å². The highest BCUT2D eigenvalue weighted by Crippen LogP contribution is 2.45. The van der Waals surface area contributed by atoms with Gasteiger partial charge in [-0.05, 0) is 47.5 Å². The van der Waals surface area contributed by atoms with Crippen LogP contribution in [-0.4, -0.2) is 50.4 Å². The summed E-state index contributed by atoms with van der Waals surface area (Å²) < 4.78 is 21.6. The molecule has 0 aliphatic rings. The molecule has 226 valence electrons. The fourth-order valence-electron chi connectivity index (χ4n) is 4.30. The van der Waals surface area contributed by atoms with Crippen molar-refractivity contribution in [2.75, 3.05) is 26.3 Å². The van der Waals surface area contributed by atoms with Crippen LogP contribution in [0, 0.1) is 0 Å². The van der Waals surface area contributed by atoms with Crippen LogP contribution in [-0.2, 0) is 19.1 Å². The highest BCUT2D eigenvalue weighted by Gasteiger charge is 2.22. The van der Waals surface area contributed by atoms with Crippen LogP contribution in [0.25, 0.3) is 32.7 Å². The number of carbonyl (C=O) groups excluding carboxylic acids is 4. The lowest BCUT2D eigenvalue weighted by Crippen LogP contribution is -2.31. The summed E-state index contributed by atoms with van der Waals surface area (Å²) in [6.45, 7) is 10.0. The van der Waals surface area contributed by atoms with Gasteiger partial charge in [-0.25, -0.2) is 19.2 Å². The van der Waals surface area contributed by atoms with Gasteiger partial charge in [0.1, 0.15) is 24.7 Å². The highest BCUT2D eigenvalue weighted by atomic mass is 16.6. The maximum atomic E-state index is 12.8. The normalized spacial score (nSPS) is 10.5. The zero-order chi connectivity index (χ0) is 31.6. The molecule has 0 bridgehead atoms. The molecular formula is C34H32N2O8. The van der Waals surface area contributed by atoms with Gasteiger partial charge in [-0.1, -0.05) is 73.8 Å². The molecule has 4 aromatic rings. The lowest BCUT2D eigenvalue weighted by Gasteiger charge is -2.19. The first kappa shape index (κ1) is 31.3. The molecule has 0 saturated heterocycles. The molecule has 2 amide bonds. The lowest BCUT2D eigenvalue weighted by molar-refractivity contribution is -0.139. The summed E-state index contributed by atoms with van der Waals surface area (Å²) >= 11 is 0. The Hall–Kier alpha value is -5.64. The summed E-state index contributed by atoms with van der Waals surface area (Å²) in [6, 6.07) is 22.1. The maximum absolute atomic E-state index is 12.8. The van der Waals surface area contributed by atoms with Gasteiger partial charge < -0.3 is 29.6 Å². The average Bonchev–Trinajstić information content (AvgIpc) is 3.01. The van der Waals surface area contributed by atoms with Crippen LogP contribution in [0.3, 0.4) is 0 Å². The van der Waals surface area contributed by atoms with Crippen LogP contribution in [0.1, 0.15) is 13.8 Å². The molecule has 0 atom stereocenters. The first-order valence-corrected chi connectivity index (χ1v) is 13.8. The van der Waals surface area contributed by atoms with E-state index in [1.54, 1.807) is 12.1 Å². The van der Waals surface area contributed by atoms with E-state index in [4.69, 9.17) is 18.9 Å². The molecule has 0 saturated carbocycles. The Morgan fingerprint density at radius 2 is 0.977 bits per heavy atom. The highest BCUT2D eigenvalue weighted by molar-refractivity contribution is 6.10. The van der Waals surface area contributed by atoms with Crippen molar-refractivity contribution in [1.29, 1.82) is 0 Å². The Morgan fingerprint density at radius 1 is 0.591 bits per heavy atom. The molecule has 4 rings (SSSR count). The van der Waals surface area contributed by atoms with E-state index >= 15 is 0 Å². The van der Waals surface area contributed by atoms with E-state index in [0.29, 0.717) is 11.1 Å². The van der Waals surface area contributed by atoms with E-state index in [0.717, 1.165) is 21.5 Å². The third-order valence-corrected chi connectivity index (χ3v) is 6.34. The minimum Gasteiger partial charge on any atom is -0.460 e. The van der Waals surface area contributed by atoms with E-state index < -0.39 is 24.1 Å². The Balaban J connectivity index is 1.66. The van der Waals surface area contributed by atoms with Crippen molar-refractivity contribution in [3.8, 4) is 22.6 Å². The molecule has 10 nitrogen and oxygen atoms in total. The summed E-state index contributed by atoms with van der Waals surface area (Å²) in [4.78, 5) is 48.9. The van der Waals surface area contributed by atoms with Crippen LogP contribution < -0.4 is 20.1 Å². The number of nitrogens with one attached hydrogen (secondary N) is 2. The molecule has 2 N–H and O–H groups in total. The fourth-order valence-corrected chi connectivity index (χ4v) is 4.30. The summed E-state index contributed by atoms with van der Waals surface area (Å²) in [5.41, 5.74) is 1.56. The van der Waals surface area contributed by atoms with Crippen LogP contribution in [0.15, 0.2) is 97.1 Å². The molecule has 0 unspecified atom stereocenters. The van der Waals surface area contributed by atoms with Gasteiger partial charge in [-0.2, -0.15) is 0 Å². The maximum Gasteiger partial charge on any atom is 0.412 e. The molecule has 0 heterocycles. The van der Waals surface area contributed by atoms with Crippen molar-refractivity contribution in [3.63, 3.8) is 0 Å². The van der Waals surface area contributed by atoms with Crippen molar-refractivity contribution >= 4 is 45.7 Å². The van der Waals surface area contributed by atoms with Crippen LogP contribution in [0.2, 0.25) is 0 Å². The summed E-state index contributed by atoms with van der Waals surface area (Å²) in [6.07, 6.45) is -1.53. The van der Waals surface area contributed by atoms with Gasteiger partial charge in [0.2, 0.25) is 0 Å². The minimum atomic E-state index is -0.766. The third kappa shape index (κ3) is 7.80. The molecule has 4 aromatic carbocycles. The van der Waals surface area contributed by atoms with Crippen molar-refractivity contribution in [2.45, 2.75) is 13.8 Å². The van der Waals surface area contributed by atoms with E-state index in [9.17, 15) is 19.2 Å². The molecule has 0 radical (unpaired) electrons. The molecule has 44 heavy (non-hydrogen) atoms. The molecule has 0 aromatic heterocycles. The molecular weight excluding hydrogens is 564 g/mol. The second-order valence-corrected chi connectivity index (χ2v) is 9.78. The topological polar surface area (TPSA) is 129 Å². The van der Waals surface area contributed by atoms with Crippen molar-refractivity contribution in [2.24, 2.45) is 0 Å². The van der Waals surface area contributed by atoms with Crippen molar-refractivity contribution in [1.82, 2.24) is 10.6 Å². The Labute approximate surface area is 254 Å². The summed E-state index contributed by atoms with van der Waals surface area (Å²) in [7, 11) is 0. The Morgan fingerprint density at radius 3 is 1.36 bits per heavy atom. The largest absolute Gasteiger partial charge is 0.460 e. The van der Waals surface area contributed by atoms with Crippen molar-refractivity contribution < 1.29 is 38.1 Å². The number of carbonyl (C=O) groups is 4. The third-order valence-electron chi connectivity index (χ3n) is 6.34. The van der Waals surface area contributed by atoms with Gasteiger partial charge >= 0.3 is 24.1 Å². The van der Waals surface area contributed by atoms with Gasteiger partial charge in [-0.15, -0.1) is 0 Å².